The van der Waals surface area contributed by atoms with Crippen LogP contribution >= 0.6 is 0 Å². The molecule has 0 radical (unpaired) electrons. The van der Waals surface area contributed by atoms with Crippen molar-refractivity contribution in [2.45, 2.75) is 26.0 Å². The number of esters is 1. The lowest BCUT2D eigenvalue weighted by atomic mass is 10.1. The first-order valence-corrected chi connectivity index (χ1v) is 4.52. The lowest BCUT2D eigenvalue weighted by molar-refractivity contribution is -0.154. The topological polar surface area (TPSA) is 52.3 Å². The fourth-order valence-electron chi connectivity index (χ4n) is 1.37. The van der Waals surface area contributed by atoms with Crippen molar-refractivity contribution in [1.29, 1.82) is 0 Å². The van der Waals surface area contributed by atoms with E-state index in [0.29, 0.717) is 6.42 Å². The average Bonchev–Trinajstić information content (AvgIpc) is 2.02. The molecule has 0 unspecified atom stereocenters. The molecule has 1 atom stereocenters. The van der Waals surface area contributed by atoms with Gasteiger partial charge < -0.3 is 4.74 Å². The first kappa shape index (κ1) is 10.7. The van der Waals surface area contributed by atoms with Crippen LogP contribution in [0.3, 0.4) is 0 Å². The van der Waals surface area contributed by atoms with Crippen molar-refractivity contribution < 1.29 is 9.53 Å². The van der Waals surface area contributed by atoms with E-state index in [9.17, 15) is 4.79 Å². The summed E-state index contributed by atoms with van der Waals surface area (Å²) < 4.78 is 4.98. The molecule has 0 saturated carbocycles. The number of hydrogen-bond donors (Lipinski definition) is 1. The minimum atomic E-state index is -0.923. The maximum absolute atomic E-state index is 10.7. The second kappa shape index (κ2) is 4.24. The highest BCUT2D eigenvalue weighted by Crippen LogP contribution is 2.11. The van der Waals surface area contributed by atoms with E-state index < -0.39 is 5.72 Å². The molecule has 0 aliphatic heterocycles. The summed E-state index contributed by atoms with van der Waals surface area (Å²) in [5.41, 5.74) is 5.94. The number of benzene rings is 1. The summed E-state index contributed by atoms with van der Waals surface area (Å²) in [6, 6.07) is 9.70. The Balaban J connectivity index is 2.63. The van der Waals surface area contributed by atoms with E-state index in [2.05, 4.69) is 0 Å². The van der Waals surface area contributed by atoms with Crippen LogP contribution in [-0.4, -0.2) is 11.7 Å². The molecule has 14 heavy (non-hydrogen) atoms. The molecule has 2 N–H and O–H groups in total. The molecule has 0 amide bonds. The van der Waals surface area contributed by atoms with Crippen molar-refractivity contribution in [3.8, 4) is 0 Å². The SMILES string of the molecule is CC(=O)O[C@@](C)(N)Cc1ccccc1. The number of carbonyl (C=O) groups excluding carboxylic acids is 1. The molecule has 0 heterocycles. The number of rotatable bonds is 3. The molecule has 3 heteroatoms. The summed E-state index contributed by atoms with van der Waals surface area (Å²) in [5, 5.41) is 0. The summed E-state index contributed by atoms with van der Waals surface area (Å²) in [6.45, 7) is 3.05. The van der Waals surface area contributed by atoms with E-state index in [1.807, 2.05) is 30.3 Å². The Morgan fingerprint density at radius 2 is 2.00 bits per heavy atom. The van der Waals surface area contributed by atoms with Gasteiger partial charge in [0.1, 0.15) is 0 Å². The van der Waals surface area contributed by atoms with Crippen molar-refractivity contribution in [2.75, 3.05) is 0 Å². The Hall–Kier alpha value is -1.35. The molecule has 1 rings (SSSR count). The average molecular weight is 193 g/mol. The molecule has 0 saturated heterocycles. The van der Waals surface area contributed by atoms with E-state index in [1.54, 1.807) is 6.92 Å². The van der Waals surface area contributed by atoms with Gasteiger partial charge in [-0.1, -0.05) is 30.3 Å². The Kier molecular flexibility index (Phi) is 3.25. The zero-order valence-corrected chi connectivity index (χ0v) is 8.49. The fraction of sp³-hybridized carbons (Fsp3) is 0.364. The van der Waals surface area contributed by atoms with Crippen molar-refractivity contribution in [2.24, 2.45) is 5.73 Å². The molecule has 76 valence electrons. The highest BCUT2D eigenvalue weighted by Gasteiger charge is 2.21. The lowest BCUT2D eigenvalue weighted by Crippen LogP contribution is -2.42. The minimum Gasteiger partial charge on any atom is -0.444 e. The molecule has 3 nitrogen and oxygen atoms in total. The second-order valence-corrected chi connectivity index (χ2v) is 3.57. The van der Waals surface area contributed by atoms with Crippen molar-refractivity contribution in [3.63, 3.8) is 0 Å². The van der Waals surface area contributed by atoms with E-state index in [4.69, 9.17) is 10.5 Å². The molecule has 0 spiro atoms. The normalized spacial score (nSPS) is 14.5. The van der Waals surface area contributed by atoms with Gasteiger partial charge in [-0.2, -0.15) is 0 Å². The molecule has 0 aromatic heterocycles. The second-order valence-electron chi connectivity index (χ2n) is 3.57. The van der Waals surface area contributed by atoms with E-state index in [0.717, 1.165) is 5.56 Å². The molecular weight excluding hydrogens is 178 g/mol. The molecule has 0 aliphatic rings. The van der Waals surface area contributed by atoms with Crippen molar-refractivity contribution in [1.82, 2.24) is 0 Å². The zero-order valence-electron chi connectivity index (χ0n) is 8.49. The van der Waals surface area contributed by atoms with Gasteiger partial charge in [0.25, 0.3) is 0 Å². The zero-order chi connectivity index (χ0) is 10.6. The van der Waals surface area contributed by atoms with Gasteiger partial charge in [-0.05, 0) is 12.5 Å². The van der Waals surface area contributed by atoms with Gasteiger partial charge in [0.05, 0.1) is 0 Å². The summed E-state index contributed by atoms with van der Waals surface area (Å²) in [7, 11) is 0. The molecule has 0 fully saturated rings. The summed E-state index contributed by atoms with van der Waals surface area (Å²) in [4.78, 5) is 10.7. The minimum absolute atomic E-state index is 0.356. The standard InChI is InChI=1S/C11H15NO2/c1-9(13)14-11(2,12)8-10-6-4-3-5-7-10/h3-7H,8,12H2,1-2H3/t11-/m1/s1. The third-order valence-electron chi connectivity index (χ3n) is 1.77. The molecule has 1 aromatic carbocycles. The summed E-state index contributed by atoms with van der Waals surface area (Å²) in [6.07, 6.45) is 0.521. The highest BCUT2D eigenvalue weighted by atomic mass is 16.6. The molecule has 0 aliphatic carbocycles. The van der Waals surface area contributed by atoms with Crippen LogP contribution in [0.2, 0.25) is 0 Å². The van der Waals surface area contributed by atoms with Crippen LogP contribution in [0.1, 0.15) is 19.4 Å². The number of hydrogen-bond acceptors (Lipinski definition) is 3. The third-order valence-corrected chi connectivity index (χ3v) is 1.77. The Labute approximate surface area is 83.9 Å². The van der Waals surface area contributed by atoms with Crippen LogP contribution in [0, 0.1) is 0 Å². The maximum atomic E-state index is 10.7. The Morgan fingerprint density at radius 1 is 1.43 bits per heavy atom. The number of nitrogens with two attached hydrogens (primary N) is 1. The van der Waals surface area contributed by atoms with Gasteiger partial charge in [-0.25, -0.2) is 0 Å². The van der Waals surface area contributed by atoms with Gasteiger partial charge in [0, 0.05) is 13.3 Å². The van der Waals surface area contributed by atoms with Gasteiger partial charge >= 0.3 is 5.97 Å². The van der Waals surface area contributed by atoms with E-state index >= 15 is 0 Å². The van der Waals surface area contributed by atoms with Gasteiger partial charge in [-0.3, -0.25) is 10.5 Å². The van der Waals surface area contributed by atoms with Crippen LogP contribution in [0.15, 0.2) is 30.3 Å². The monoisotopic (exact) mass is 193 g/mol. The maximum Gasteiger partial charge on any atom is 0.304 e. The molecule has 1 aromatic rings. The van der Waals surface area contributed by atoms with Crippen molar-refractivity contribution >= 4 is 5.97 Å². The van der Waals surface area contributed by atoms with Crippen LogP contribution in [-0.2, 0) is 16.0 Å². The number of ether oxygens (including phenoxy) is 1. The highest BCUT2D eigenvalue weighted by molar-refractivity contribution is 5.66. The number of carbonyl (C=O) groups is 1. The predicted molar refractivity (Wildman–Crippen MR) is 54.5 cm³/mol. The molecular formula is C11H15NO2. The third kappa shape index (κ3) is 3.58. The first-order valence-electron chi connectivity index (χ1n) is 4.52. The summed E-state index contributed by atoms with van der Waals surface area (Å²) in [5.74, 6) is -0.356. The fourth-order valence-corrected chi connectivity index (χ4v) is 1.37. The van der Waals surface area contributed by atoms with E-state index in [1.165, 1.54) is 6.92 Å². The smallest absolute Gasteiger partial charge is 0.304 e. The predicted octanol–water partition coefficient (Wildman–Crippen LogP) is 1.47. The Morgan fingerprint density at radius 3 is 2.50 bits per heavy atom. The van der Waals surface area contributed by atoms with Gasteiger partial charge in [0.2, 0.25) is 0 Å². The quantitative estimate of drug-likeness (QED) is 0.584. The first-order chi connectivity index (χ1) is 6.49. The van der Waals surface area contributed by atoms with Crippen LogP contribution in [0.5, 0.6) is 0 Å². The van der Waals surface area contributed by atoms with Crippen LogP contribution in [0.25, 0.3) is 0 Å². The molecule has 0 bridgehead atoms. The Bertz CT molecular complexity index is 306. The summed E-state index contributed by atoms with van der Waals surface area (Å²) >= 11 is 0. The van der Waals surface area contributed by atoms with Crippen LogP contribution in [0.4, 0.5) is 0 Å². The van der Waals surface area contributed by atoms with Crippen molar-refractivity contribution in [3.05, 3.63) is 35.9 Å². The lowest BCUT2D eigenvalue weighted by Gasteiger charge is -2.24. The van der Waals surface area contributed by atoms with Crippen LogP contribution < -0.4 is 5.73 Å². The van der Waals surface area contributed by atoms with E-state index in [-0.39, 0.29) is 5.97 Å². The van der Waals surface area contributed by atoms with Gasteiger partial charge in [-0.15, -0.1) is 0 Å². The van der Waals surface area contributed by atoms with Gasteiger partial charge in [0.15, 0.2) is 5.72 Å². The largest absolute Gasteiger partial charge is 0.444 e.